The highest BCUT2D eigenvalue weighted by Gasteiger charge is 2.15. The van der Waals surface area contributed by atoms with Crippen molar-refractivity contribution in [3.63, 3.8) is 0 Å². The van der Waals surface area contributed by atoms with Crippen molar-refractivity contribution in [2.45, 2.75) is 45.4 Å². The van der Waals surface area contributed by atoms with Gasteiger partial charge in [0.25, 0.3) is 0 Å². The van der Waals surface area contributed by atoms with Gasteiger partial charge < -0.3 is 15.0 Å². The second-order valence-corrected chi connectivity index (χ2v) is 5.63. The summed E-state index contributed by atoms with van der Waals surface area (Å²) in [6.45, 7) is 9.05. The van der Waals surface area contributed by atoms with Gasteiger partial charge in [-0.15, -0.1) is 0 Å². The predicted molar refractivity (Wildman–Crippen MR) is 78.1 cm³/mol. The van der Waals surface area contributed by atoms with E-state index < -0.39 is 0 Å². The van der Waals surface area contributed by atoms with Crippen molar-refractivity contribution in [3.05, 3.63) is 0 Å². The van der Waals surface area contributed by atoms with Crippen LogP contribution in [0.25, 0.3) is 0 Å². The van der Waals surface area contributed by atoms with Gasteiger partial charge in [0.2, 0.25) is 0 Å². The Labute approximate surface area is 113 Å². The fraction of sp³-hybridized carbons (Fsp3) is 1.00. The molecule has 18 heavy (non-hydrogen) atoms. The molecule has 0 saturated carbocycles. The molecule has 1 N–H and O–H groups in total. The van der Waals surface area contributed by atoms with Gasteiger partial charge in [-0.05, 0) is 64.7 Å². The van der Waals surface area contributed by atoms with E-state index in [1.807, 2.05) is 0 Å². The van der Waals surface area contributed by atoms with Crippen LogP contribution in [0.1, 0.15) is 45.4 Å². The molecule has 0 radical (unpaired) electrons. The van der Waals surface area contributed by atoms with Crippen LogP contribution >= 0.6 is 0 Å². The zero-order chi connectivity index (χ0) is 13.1. The molecule has 0 aromatic rings. The van der Waals surface area contributed by atoms with E-state index >= 15 is 0 Å². The minimum atomic E-state index is 0.870. The number of nitrogens with one attached hydrogen (secondary N) is 1. The zero-order valence-corrected chi connectivity index (χ0v) is 12.4. The quantitative estimate of drug-likeness (QED) is 0.608. The third-order valence-electron chi connectivity index (χ3n) is 3.73. The summed E-state index contributed by atoms with van der Waals surface area (Å²) in [6.07, 6.45) is 7.78. The molecule has 0 spiro atoms. The van der Waals surface area contributed by atoms with Crippen molar-refractivity contribution in [2.75, 3.05) is 46.4 Å². The highest BCUT2D eigenvalue weighted by molar-refractivity contribution is 4.67. The standard InChI is InChI=1S/C15H32N2O/c1-3-9-16-10-5-4-6-11-17(2)14-15-7-12-18-13-8-15/h15-16H,3-14H2,1-2H3. The molecule has 0 aromatic heterocycles. The first-order valence-corrected chi connectivity index (χ1v) is 7.80. The van der Waals surface area contributed by atoms with Crippen molar-refractivity contribution in [1.82, 2.24) is 10.2 Å². The van der Waals surface area contributed by atoms with Crippen molar-refractivity contribution >= 4 is 0 Å². The van der Waals surface area contributed by atoms with Gasteiger partial charge >= 0.3 is 0 Å². The molecule has 1 aliphatic rings. The zero-order valence-electron chi connectivity index (χ0n) is 12.4. The second-order valence-electron chi connectivity index (χ2n) is 5.63. The van der Waals surface area contributed by atoms with Crippen molar-refractivity contribution in [3.8, 4) is 0 Å². The number of rotatable bonds is 10. The molecule has 1 rings (SSSR count). The Balaban J connectivity index is 1.88. The molecule has 1 aliphatic heterocycles. The molecule has 0 aromatic carbocycles. The number of nitrogens with zero attached hydrogens (tertiary/aromatic N) is 1. The number of unbranched alkanes of at least 4 members (excludes halogenated alkanes) is 2. The highest BCUT2D eigenvalue weighted by Crippen LogP contribution is 2.15. The monoisotopic (exact) mass is 256 g/mol. The summed E-state index contributed by atoms with van der Waals surface area (Å²) in [7, 11) is 2.27. The van der Waals surface area contributed by atoms with E-state index in [0.29, 0.717) is 0 Å². The molecule has 0 aliphatic carbocycles. The number of ether oxygens (including phenoxy) is 1. The van der Waals surface area contributed by atoms with E-state index in [-0.39, 0.29) is 0 Å². The fourth-order valence-electron chi connectivity index (χ4n) is 2.57. The van der Waals surface area contributed by atoms with Crippen molar-refractivity contribution < 1.29 is 4.74 Å². The van der Waals surface area contributed by atoms with Gasteiger partial charge in [0.1, 0.15) is 0 Å². The molecule has 0 atom stereocenters. The molecule has 0 amide bonds. The summed E-state index contributed by atoms with van der Waals surface area (Å²) in [5, 5.41) is 3.46. The van der Waals surface area contributed by atoms with Crippen LogP contribution in [0.2, 0.25) is 0 Å². The van der Waals surface area contributed by atoms with Gasteiger partial charge in [-0.2, -0.15) is 0 Å². The lowest BCUT2D eigenvalue weighted by atomic mass is 10.00. The van der Waals surface area contributed by atoms with Crippen molar-refractivity contribution in [1.29, 1.82) is 0 Å². The van der Waals surface area contributed by atoms with Crippen LogP contribution in [-0.2, 0) is 4.74 Å². The van der Waals surface area contributed by atoms with E-state index in [1.165, 1.54) is 64.7 Å². The van der Waals surface area contributed by atoms with Gasteiger partial charge in [0.15, 0.2) is 0 Å². The maximum absolute atomic E-state index is 5.40. The number of hydrogen-bond acceptors (Lipinski definition) is 3. The summed E-state index contributed by atoms with van der Waals surface area (Å²) >= 11 is 0. The van der Waals surface area contributed by atoms with Crippen LogP contribution in [0.4, 0.5) is 0 Å². The van der Waals surface area contributed by atoms with Gasteiger partial charge in [-0.3, -0.25) is 0 Å². The first kappa shape index (κ1) is 15.9. The molecule has 0 unspecified atom stereocenters. The van der Waals surface area contributed by atoms with Gasteiger partial charge in [-0.25, -0.2) is 0 Å². The Morgan fingerprint density at radius 2 is 1.89 bits per heavy atom. The van der Waals surface area contributed by atoms with E-state index in [4.69, 9.17) is 4.74 Å². The normalized spacial score (nSPS) is 17.5. The second kappa shape index (κ2) is 10.8. The van der Waals surface area contributed by atoms with E-state index in [0.717, 1.165) is 19.1 Å². The predicted octanol–water partition coefficient (Wildman–Crippen LogP) is 2.51. The molecule has 1 heterocycles. The van der Waals surface area contributed by atoms with E-state index in [9.17, 15) is 0 Å². The van der Waals surface area contributed by atoms with Crippen LogP contribution in [0.3, 0.4) is 0 Å². The average Bonchev–Trinajstić information content (AvgIpc) is 2.39. The lowest BCUT2D eigenvalue weighted by Crippen LogP contribution is -2.30. The summed E-state index contributed by atoms with van der Waals surface area (Å²) in [5.74, 6) is 0.870. The molecular weight excluding hydrogens is 224 g/mol. The first-order chi connectivity index (χ1) is 8.83. The average molecular weight is 256 g/mol. The topological polar surface area (TPSA) is 24.5 Å². The lowest BCUT2D eigenvalue weighted by molar-refractivity contribution is 0.0556. The Morgan fingerprint density at radius 1 is 1.11 bits per heavy atom. The summed E-state index contributed by atoms with van der Waals surface area (Å²) < 4.78 is 5.40. The molecular formula is C15H32N2O. The van der Waals surface area contributed by atoms with Crippen LogP contribution in [0, 0.1) is 5.92 Å². The van der Waals surface area contributed by atoms with Crippen LogP contribution in [-0.4, -0.2) is 51.3 Å². The molecule has 108 valence electrons. The molecule has 1 fully saturated rings. The minimum Gasteiger partial charge on any atom is -0.381 e. The third-order valence-corrected chi connectivity index (χ3v) is 3.73. The maximum atomic E-state index is 5.40. The molecule has 0 bridgehead atoms. The lowest BCUT2D eigenvalue weighted by Gasteiger charge is -2.27. The summed E-state index contributed by atoms with van der Waals surface area (Å²) in [5.41, 5.74) is 0. The van der Waals surface area contributed by atoms with Gasteiger partial charge in [0, 0.05) is 19.8 Å². The van der Waals surface area contributed by atoms with Crippen LogP contribution in [0.15, 0.2) is 0 Å². The Kier molecular flexibility index (Phi) is 9.54. The maximum Gasteiger partial charge on any atom is 0.0469 e. The molecule has 3 nitrogen and oxygen atoms in total. The molecule has 1 saturated heterocycles. The van der Waals surface area contributed by atoms with Gasteiger partial charge in [0.05, 0.1) is 0 Å². The Morgan fingerprint density at radius 3 is 2.61 bits per heavy atom. The summed E-state index contributed by atoms with van der Waals surface area (Å²) in [6, 6.07) is 0. The van der Waals surface area contributed by atoms with Crippen LogP contribution < -0.4 is 5.32 Å². The van der Waals surface area contributed by atoms with Crippen molar-refractivity contribution in [2.24, 2.45) is 5.92 Å². The smallest absolute Gasteiger partial charge is 0.0469 e. The Bertz CT molecular complexity index is 181. The Hall–Kier alpha value is -0.120. The fourth-order valence-corrected chi connectivity index (χ4v) is 2.57. The van der Waals surface area contributed by atoms with Gasteiger partial charge in [-0.1, -0.05) is 13.3 Å². The first-order valence-electron chi connectivity index (χ1n) is 7.80. The van der Waals surface area contributed by atoms with Crippen LogP contribution in [0.5, 0.6) is 0 Å². The summed E-state index contributed by atoms with van der Waals surface area (Å²) in [4.78, 5) is 2.51. The van der Waals surface area contributed by atoms with E-state index in [2.05, 4.69) is 24.2 Å². The SMILES string of the molecule is CCCNCCCCCN(C)CC1CCOCC1. The highest BCUT2D eigenvalue weighted by atomic mass is 16.5. The largest absolute Gasteiger partial charge is 0.381 e. The third kappa shape index (κ3) is 8.06. The van der Waals surface area contributed by atoms with E-state index in [1.54, 1.807) is 0 Å². The molecule has 3 heteroatoms. The minimum absolute atomic E-state index is 0.870. The number of hydrogen-bond donors (Lipinski definition) is 1.